The van der Waals surface area contributed by atoms with Crippen LogP contribution in [0.3, 0.4) is 0 Å². The summed E-state index contributed by atoms with van der Waals surface area (Å²) in [4.78, 5) is 21.5. The van der Waals surface area contributed by atoms with Gasteiger partial charge >= 0.3 is 12.1 Å². The highest BCUT2D eigenvalue weighted by atomic mass is 16.6. The molecule has 1 amide bonds. The summed E-state index contributed by atoms with van der Waals surface area (Å²) in [5.74, 6) is -0.923. The van der Waals surface area contributed by atoms with E-state index in [4.69, 9.17) is 9.84 Å². The van der Waals surface area contributed by atoms with Crippen LogP contribution in [0.5, 0.6) is 0 Å². The summed E-state index contributed by atoms with van der Waals surface area (Å²) in [6.07, 6.45) is 0.861. The second-order valence-electron chi connectivity index (χ2n) is 4.27. The molecule has 0 saturated carbocycles. The molecule has 0 fully saturated rings. The van der Waals surface area contributed by atoms with Crippen LogP contribution in [-0.2, 0) is 9.53 Å². The fraction of sp³-hybridized carbons (Fsp3) is 0.700. The van der Waals surface area contributed by atoms with Crippen molar-refractivity contribution in [3.63, 3.8) is 0 Å². The Kier molecular flexibility index (Phi) is 5.11. The normalized spacial score (nSPS) is 13.1. The van der Waals surface area contributed by atoms with Gasteiger partial charge in [0.1, 0.15) is 5.60 Å². The molecule has 0 spiro atoms. The van der Waals surface area contributed by atoms with E-state index in [1.54, 1.807) is 27.7 Å². The molecule has 15 heavy (non-hydrogen) atoms. The lowest BCUT2D eigenvalue weighted by atomic mass is 10.2. The standard InChI is InChI=1S/C10H18NO4/c1-7(5-6-8(12)13)11-9(14)15-10(2,3)4/h5,7H,6H2,1-4H3,(H,11,14)(H,12,13)/t7-/m0/s1. The first-order valence-electron chi connectivity index (χ1n) is 4.75. The van der Waals surface area contributed by atoms with Gasteiger partial charge in [0.15, 0.2) is 0 Å². The number of carbonyl (C=O) groups excluding carboxylic acids is 1. The van der Waals surface area contributed by atoms with Crippen LogP contribution in [-0.4, -0.2) is 28.8 Å². The maximum absolute atomic E-state index is 11.2. The molecule has 2 N–H and O–H groups in total. The quantitative estimate of drug-likeness (QED) is 0.748. The predicted octanol–water partition coefficient (Wildman–Crippen LogP) is 1.58. The Morgan fingerprint density at radius 1 is 1.47 bits per heavy atom. The molecule has 0 saturated heterocycles. The number of amides is 1. The molecule has 0 aliphatic heterocycles. The zero-order chi connectivity index (χ0) is 12.1. The molecule has 1 atom stereocenters. The fourth-order valence-corrected chi connectivity index (χ4v) is 0.830. The summed E-state index contributed by atoms with van der Waals surface area (Å²) in [6.45, 7) is 6.97. The van der Waals surface area contributed by atoms with E-state index in [0.29, 0.717) is 0 Å². The highest BCUT2D eigenvalue weighted by Gasteiger charge is 2.17. The van der Waals surface area contributed by atoms with Crippen LogP contribution in [0.1, 0.15) is 34.1 Å². The molecular formula is C10H18NO4. The Bertz CT molecular complexity index is 232. The van der Waals surface area contributed by atoms with Gasteiger partial charge in [0.2, 0.25) is 0 Å². The molecule has 87 valence electrons. The van der Waals surface area contributed by atoms with Crippen molar-refractivity contribution < 1.29 is 19.4 Å². The van der Waals surface area contributed by atoms with Gasteiger partial charge in [-0.2, -0.15) is 0 Å². The summed E-state index contributed by atoms with van der Waals surface area (Å²) < 4.78 is 5.00. The zero-order valence-electron chi connectivity index (χ0n) is 9.53. The van der Waals surface area contributed by atoms with Crippen molar-refractivity contribution in [2.45, 2.75) is 45.8 Å². The molecule has 1 radical (unpaired) electrons. The van der Waals surface area contributed by atoms with Crippen molar-refractivity contribution >= 4 is 12.1 Å². The topological polar surface area (TPSA) is 75.6 Å². The summed E-state index contributed by atoms with van der Waals surface area (Å²) >= 11 is 0. The van der Waals surface area contributed by atoms with Crippen LogP contribution in [0.25, 0.3) is 0 Å². The fourth-order valence-electron chi connectivity index (χ4n) is 0.830. The SMILES string of the molecule is C[C@@H]([CH]CC(=O)O)NC(=O)OC(C)(C)C. The van der Waals surface area contributed by atoms with Gasteiger partial charge in [-0.25, -0.2) is 4.79 Å². The molecule has 0 bridgehead atoms. The zero-order valence-corrected chi connectivity index (χ0v) is 9.53. The van der Waals surface area contributed by atoms with Crippen LogP contribution in [0.15, 0.2) is 0 Å². The van der Waals surface area contributed by atoms with E-state index in [1.807, 2.05) is 0 Å². The number of ether oxygens (including phenoxy) is 1. The second-order valence-corrected chi connectivity index (χ2v) is 4.27. The van der Waals surface area contributed by atoms with Crippen LogP contribution in [0, 0.1) is 6.42 Å². The van der Waals surface area contributed by atoms with E-state index in [9.17, 15) is 9.59 Å². The first-order valence-corrected chi connectivity index (χ1v) is 4.75. The molecule has 5 nitrogen and oxygen atoms in total. The second kappa shape index (κ2) is 5.58. The average Bonchev–Trinajstić information content (AvgIpc) is 1.96. The number of rotatable bonds is 4. The van der Waals surface area contributed by atoms with E-state index >= 15 is 0 Å². The number of hydrogen-bond donors (Lipinski definition) is 2. The van der Waals surface area contributed by atoms with Crippen molar-refractivity contribution in [3.05, 3.63) is 6.42 Å². The van der Waals surface area contributed by atoms with Crippen molar-refractivity contribution in [1.29, 1.82) is 0 Å². The third kappa shape index (κ3) is 9.05. The smallest absolute Gasteiger partial charge is 0.407 e. The Labute approximate surface area is 89.8 Å². The lowest BCUT2D eigenvalue weighted by Gasteiger charge is -2.21. The van der Waals surface area contributed by atoms with E-state index in [0.717, 1.165) is 0 Å². The van der Waals surface area contributed by atoms with Crippen LogP contribution < -0.4 is 5.32 Å². The first-order chi connectivity index (χ1) is 6.70. The van der Waals surface area contributed by atoms with Gasteiger partial charge in [0.25, 0.3) is 0 Å². The number of carboxylic acids is 1. The Morgan fingerprint density at radius 2 is 2.00 bits per heavy atom. The number of aliphatic carboxylic acids is 1. The maximum atomic E-state index is 11.2. The van der Waals surface area contributed by atoms with Crippen molar-refractivity contribution in [1.82, 2.24) is 5.32 Å². The van der Waals surface area contributed by atoms with Crippen LogP contribution in [0.2, 0.25) is 0 Å². The lowest BCUT2D eigenvalue weighted by molar-refractivity contribution is -0.136. The minimum atomic E-state index is -0.923. The van der Waals surface area contributed by atoms with E-state index in [2.05, 4.69) is 5.32 Å². The third-order valence-electron chi connectivity index (χ3n) is 1.39. The largest absolute Gasteiger partial charge is 0.481 e. The summed E-state index contributed by atoms with van der Waals surface area (Å²) in [7, 11) is 0. The number of carbonyl (C=O) groups is 2. The predicted molar refractivity (Wildman–Crippen MR) is 55.4 cm³/mol. The van der Waals surface area contributed by atoms with Gasteiger partial charge in [0, 0.05) is 6.04 Å². The van der Waals surface area contributed by atoms with Crippen molar-refractivity contribution in [2.75, 3.05) is 0 Å². The molecule has 0 unspecified atom stereocenters. The highest BCUT2D eigenvalue weighted by molar-refractivity contribution is 5.70. The maximum Gasteiger partial charge on any atom is 0.407 e. The first kappa shape index (κ1) is 13.7. The molecule has 0 aromatic carbocycles. The molecule has 0 aromatic heterocycles. The molecule has 0 aliphatic rings. The van der Waals surface area contributed by atoms with Crippen LogP contribution in [0.4, 0.5) is 4.79 Å². The lowest BCUT2D eigenvalue weighted by Crippen LogP contribution is -2.38. The summed E-state index contributed by atoms with van der Waals surface area (Å²) in [5, 5.41) is 10.9. The minimum Gasteiger partial charge on any atom is -0.481 e. The van der Waals surface area contributed by atoms with Gasteiger partial charge in [-0.15, -0.1) is 0 Å². The van der Waals surface area contributed by atoms with Crippen LogP contribution >= 0.6 is 0 Å². The van der Waals surface area contributed by atoms with E-state index in [1.165, 1.54) is 6.42 Å². The highest BCUT2D eigenvalue weighted by Crippen LogP contribution is 2.07. The Hall–Kier alpha value is -1.26. The Morgan fingerprint density at radius 3 is 2.40 bits per heavy atom. The number of carboxylic acid groups (broad SMARTS) is 1. The third-order valence-corrected chi connectivity index (χ3v) is 1.39. The molecule has 0 aromatic rings. The van der Waals surface area contributed by atoms with E-state index in [-0.39, 0.29) is 12.5 Å². The van der Waals surface area contributed by atoms with Gasteiger partial charge in [0.05, 0.1) is 6.42 Å². The van der Waals surface area contributed by atoms with E-state index < -0.39 is 17.7 Å². The molecule has 0 aliphatic carbocycles. The number of alkyl carbamates (subject to hydrolysis) is 1. The summed E-state index contributed by atoms with van der Waals surface area (Å²) in [5.41, 5.74) is -0.545. The molecule has 5 heteroatoms. The molecule has 0 rings (SSSR count). The van der Waals surface area contributed by atoms with Gasteiger partial charge in [-0.05, 0) is 34.1 Å². The Balaban J connectivity index is 3.81. The summed E-state index contributed by atoms with van der Waals surface area (Å²) in [6, 6.07) is -0.323. The number of nitrogens with one attached hydrogen (secondary N) is 1. The average molecular weight is 216 g/mol. The van der Waals surface area contributed by atoms with Crippen molar-refractivity contribution in [2.24, 2.45) is 0 Å². The van der Waals surface area contributed by atoms with Gasteiger partial charge in [-0.3, -0.25) is 4.79 Å². The van der Waals surface area contributed by atoms with Crippen molar-refractivity contribution in [3.8, 4) is 0 Å². The van der Waals surface area contributed by atoms with Gasteiger partial charge < -0.3 is 15.2 Å². The minimum absolute atomic E-state index is 0.0863. The molecular weight excluding hydrogens is 198 g/mol. The van der Waals surface area contributed by atoms with Gasteiger partial charge in [-0.1, -0.05) is 0 Å². The molecule has 0 heterocycles. The number of hydrogen-bond acceptors (Lipinski definition) is 3. The monoisotopic (exact) mass is 216 g/mol.